The van der Waals surface area contributed by atoms with E-state index in [1.54, 1.807) is 13.8 Å². The zero-order valence-corrected chi connectivity index (χ0v) is 7.50. The van der Waals surface area contributed by atoms with Crippen molar-refractivity contribution in [3.05, 3.63) is 11.4 Å². The first kappa shape index (κ1) is 10.4. The molecule has 0 aromatic carbocycles. The van der Waals surface area contributed by atoms with Gasteiger partial charge in [-0.1, -0.05) is 0 Å². The highest BCUT2D eigenvalue weighted by atomic mass is 16.7. The molecule has 0 radical (unpaired) electrons. The fraction of sp³-hybridized carbons (Fsp3) is 0.875. The number of rotatable bonds is 4. The van der Waals surface area contributed by atoms with Crippen molar-refractivity contribution in [1.29, 1.82) is 0 Å². The van der Waals surface area contributed by atoms with Crippen LogP contribution in [0.15, 0.2) is 0 Å². The van der Waals surface area contributed by atoms with Gasteiger partial charge in [-0.3, -0.25) is 9.58 Å². The highest BCUT2D eigenvalue weighted by Gasteiger charge is 2.11. The molecule has 2 atom stereocenters. The highest BCUT2D eigenvalue weighted by molar-refractivity contribution is 4.61. The van der Waals surface area contributed by atoms with Crippen LogP contribution >= 0.6 is 0 Å². The summed E-state index contributed by atoms with van der Waals surface area (Å²) in [6, 6.07) is 0. The van der Waals surface area contributed by atoms with Gasteiger partial charge < -0.3 is 4.74 Å². The average Bonchev–Trinajstić information content (AvgIpc) is 1.85. The van der Waals surface area contributed by atoms with Crippen LogP contribution < -0.4 is 0 Å². The molecule has 0 fully saturated rings. The van der Waals surface area contributed by atoms with Crippen LogP contribution in [0.2, 0.25) is 0 Å². The van der Waals surface area contributed by atoms with Gasteiger partial charge >= 0.3 is 6.23 Å². The van der Waals surface area contributed by atoms with Gasteiger partial charge in [-0.25, -0.2) is 6.57 Å². The molecule has 0 saturated carbocycles. The molecule has 2 unspecified atom stereocenters. The van der Waals surface area contributed by atoms with Gasteiger partial charge in [0, 0.05) is 6.92 Å². The minimum Gasteiger partial charge on any atom is -0.350 e. The number of hydrogen-bond acceptors (Lipinski definition) is 2. The zero-order chi connectivity index (χ0) is 8.85. The first-order chi connectivity index (χ1) is 5.06. The number of nitrogens with zero attached hydrogens (tertiary/aromatic N) is 1. The van der Waals surface area contributed by atoms with E-state index >= 15 is 0 Å². The first-order valence-corrected chi connectivity index (χ1v) is 3.73. The molecule has 0 aliphatic carbocycles. The fourth-order valence-corrected chi connectivity index (χ4v) is 0.723. The molecule has 64 valence electrons. The van der Waals surface area contributed by atoms with E-state index in [9.17, 15) is 0 Å². The maximum Gasteiger partial charge on any atom is 0.327 e. The summed E-state index contributed by atoms with van der Waals surface area (Å²) in [6.45, 7) is 14.0. The summed E-state index contributed by atoms with van der Waals surface area (Å²) < 4.78 is 10.4. The van der Waals surface area contributed by atoms with Crippen LogP contribution in [0.4, 0.5) is 0 Å². The van der Waals surface area contributed by atoms with Crippen LogP contribution in [0.5, 0.6) is 0 Å². The van der Waals surface area contributed by atoms with Crippen molar-refractivity contribution in [2.24, 2.45) is 0 Å². The SMILES string of the molecule is [C-]#[N+]C(C)OC(C)OC(C)C. The molecule has 0 N–H and O–H groups in total. The average molecular weight is 157 g/mol. The molecule has 0 amide bonds. The normalized spacial score (nSPS) is 16.0. The molecule has 0 aliphatic heterocycles. The maximum absolute atomic E-state index is 6.63. The Labute approximate surface area is 68.1 Å². The minimum absolute atomic E-state index is 0.142. The van der Waals surface area contributed by atoms with Crippen molar-refractivity contribution in [2.75, 3.05) is 0 Å². The van der Waals surface area contributed by atoms with E-state index in [-0.39, 0.29) is 12.4 Å². The summed E-state index contributed by atoms with van der Waals surface area (Å²) in [5, 5.41) is 0. The monoisotopic (exact) mass is 157 g/mol. The Balaban J connectivity index is 3.53. The quantitative estimate of drug-likeness (QED) is 0.460. The van der Waals surface area contributed by atoms with Crippen LogP contribution in [-0.2, 0) is 9.47 Å². The Morgan fingerprint density at radius 1 is 1.09 bits per heavy atom. The van der Waals surface area contributed by atoms with Gasteiger partial charge in [0.15, 0.2) is 6.29 Å². The van der Waals surface area contributed by atoms with Gasteiger partial charge in [0.2, 0.25) is 0 Å². The summed E-state index contributed by atoms with van der Waals surface area (Å²) in [7, 11) is 0. The van der Waals surface area contributed by atoms with Crippen LogP contribution in [0.3, 0.4) is 0 Å². The standard InChI is InChI=1S/C8H15NO2/c1-6(2)10-8(4)11-7(3)9-5/h6-8H,1-4H3. The lowest BCUT2D eigenvalue weighted by molar-refractivity contribution is -0.164. The second kappa shape index (κ2) is 5.11. The molecular weight excluding hydrogens is 142 g/mol. The molecule has 0 aromatic heterocycles. The van der Waals surface area contributed by atoms with Crippen LogP contribution in [-0.4, -0.2) is 18.6 Å². The summed E-state index contributed by atoms with van der Waals surface area (Å²) in [6.07, 6.45) is -0.564. The summed E-state index contributed by atoms with van der Waals surface area (Å²) >= 11 is 0. The van der Waals surface area contributed by atoms with Gasteiger partial charge in [-0.05, 0) is 20.8 Å². The summed E-state index contributed by atoms with van der Waals surface area (Å²) in [5.74, 6) is 0. The van der Waals surface area contributed by atoms with E-state index in [0.29, 0.717) is 0 Å². The molecule has 0 saturated heterocycles. The largest absolute Gasteiger partial charge is 0.350 e. The summed E-state index contributed by atoms with van der Waals surface area (Å²) in [4.78, 5) is 3.18. The molecule has 0 aromatic rings. The Hall–Kier alpha value is -0.590. The molecule has 11 heavy (non-hydrogen) atoms. The predicted octanol–water partition coefficient (Wildman–Crippen LogP) is 2.04. The minimum atomic E-state index is -0.413. The smallest absolute Gasteiger partial charge is 0.327 e. The predicted molar refractivity (Wildman–Crippen MR) is 42.8 cm³/mol. The molecule has 0 aliphatic rings. The van der Waals surface area contributed by atoms with Crippen LogP contribution in [0.25, 0.3) is 4.85 Å². The van der Waals surface area contributed by atoms with Gasteiger partial charge in [0.25, 0.3) is 0 Å². The van der Waals surface area contributed by atoms with Gasteiger partial charge in [0.1, 0.15) is 0 Å². The van der Waals surface area contributed by atoms with Crippen molar-refractivity contribution in [3.63, 3.8) is 0 Å². The van der Waals surface area contributed by atoms with Crippen molar-refractivity contribution >= 4 is 0 Å². The van der Waals surface area contributed by atoms with E-state index < -0.39 is 6.23 Å². The third-order valence-corrected chi connectivity index (χ3v) is 1.03. The van der Waals surface area contributed by atoms with Gasteiger partial charge in [-0.2, -0.15) is 0 Å². The molecular formula is C8H15NO2. The first-order valence-electron chi connectivity index (χ1n) is 3.73. The van der Waals surface area contributed by atoms with Crippen molar-refractivity contribution < 1.29 is 9.47 Å². The lowest BCUT2D eigenvalue weighted by Gasteiger charge is -2.15. The maximum atomic E-state index is 6.63. The second-order valence-corrected chi connectivity index (χ2v) is 2.62. The van der Waals surface area contributed by atoms with E-state index in [2.05, 4.69) is 4.85 Å². The third kappa shape index (κ3) is 5.84. The number of hydrogen-bond donors (Lipinski definition) is 0. The van der Waals surface area contributed by atoms with E-state index in [0.717, 1.165) is 0 Å². The molecule has 3 heteroatoms. The van der Waals surface area contributed by atoms with E-state index in [1.807, 2.05) is 13.8 Å². The topological polar surface area (TPSA) is 22.8 Å². The van der Waals surface area contributed by atoms with E-state index in [1.165, 1.54) is 0 Å². The second-order valence-electron chi connectivity index (χ2n) is 2.62. The van der Waals surface area contributed by atoms with Crippen LogP contribution in [0.1, 0.15) is 27.7 Å². The molecule has 3 nitrogen and oxygen atoms in total. The van der Waals surface area contributed by atoms with Crippen molar-refractivity contribution in [2.45, 2.75) is 46.3 Å². The molecule has 0 rings (SSSR count). The van der Waals surface area contributed by atoms with Crippen molar-refractivity contribution in [1.82, 2.24) is 0 Å². The Bertz CT molecular complexity index is 140. The fourth-order valence-electron chi connectivity index (χ4n) is 0.723. The Morgan fingerprint density at radius 2 is 1.64 bits per heavy atom. The zero-order valence-electron chi connectivity index (χ0n) is 7.50. The third-order valence-electron chi connectivity index (χ3n) is 1.03. The van der Waals surface area contributed by atoms with Crippen LogP contribution in [0, 0.1) is 6.57 Å². The molecule has 0 heterocycles. The lowest BCUT2D eigenvalue weighted by Crippen LogP contribution is -2.21. The lowest BCUT2D eigenvalue weighted by atomic mass is 10.5. The van der Waals surface area contributed by atoms with E-state index in [4.69, 9.17) is 16.0 Å². The molecule has 0 bridgehead atoms. The Kier molecular flexibility index (Phi) is 4.84. The number of ether oxygens (including phenoxy) is 2. The molecule has 0 spiro atoms. The summed E-state index contributed by atoms with van der Waals surface area (Å²) in [5.41, 5.74) is 0. The highest BCUT2D eigenvalue weighted by Crippen LogP contribution is 2.03. The van der Waals surface area contributed by atoms with Gasteiger partial charge in [-0.15, -0.1) is 0 Å². The van der Waals surface area contributed by atoms with Gasteiger partial charge in [0.05, 0.1) is 6.10 Å². The van der Waals surface area contributed by atoms with Crippen molar-refractivity contribution in [3.8, 4) is 0 Å². The Morgan fingerprint density at radius 3 is 2.00 bits per heavy atom.